The first kappa shape index (κ1) is 12.6. The predicted octanol–water partition coefficient (Wildman–Crippen LogP) is 4.46. The molecule has 0 spiro atoms. The molecule has 3 aromatic rings. The van der Waals surface area contributed by atoms with Crippen LogP contribution in [0.2, 0.25) is 0 Å². The van der Waals surface area contributed by atoms with Crippen molar-refractivity contribution in [2.45, 2.75) is 12.8 Å². The molecule has 0 saturated heterocycles. The van der Waals surface area contributed by atoms with Crippen LogP contribution in [0.15, 0.2) is 48.5 Å². The Labute approximate surface area is 127 Å². The predicted molar refractivity (Wildman–Crippen MR) is 85.5 cm³/mol. The number of aryl methyl sites for hydroxylation is 1. The molecule has 0 N–H and O–H groups in total. The zero-order chi connectivity index (χ0) is 14.2. The molecule has 0 bridgehead atoms. The van der Waals surface area contributed by atoms with Gasteiger partial charge in [-0.05, 0) is 54.1 Å². The van der Waals surface area contributed by atoms with Crippen molar-refractivity contribution >= 4 is 27.2 Å². The summed E-state index contributed by atoms with van der Waals surface area (Å²) in [7, 11) is 0. The van der Waals surface area contributed by atoms with Gasteiger partial charge in [-0.2, -0.15) is 0 Å². The van der Waals surface area contributed by atoms with Crippen molar-refractivity contribution in [3.05, 3.63) is 64.5 Å². The first-order valence-electron chi connectivity index (χ1n) is 7.10. The Morgan fingerprint density at radius 2 is 2.00 bits per heavy atom. The Kier molecular flexibility index (Phi) is 3.00. The number of hydrogen-bond acceptors (Lipinski definition) is 3. The monoisotopic (exact) mass is 294 g/mol. The molecular weight excluding hydrogens is 280 g/mol. The van der Waals surface area contributed by atoms with E-state index in [1.807, 2.05) is 42.5 Å². The molecule has 1 aliphatic heterocycles. The van der Waals surface area contributed by atoms with E-state index in [0.29, 0.717) is 0 Å². The first-order chi connectivity index (χ1) is 10.3. The van der Waals surface area contributed by atoms with E-state index in [1.54, 1.807) is 11.3 Å². The van der Waals surface area contributed by atoms with E-state index in [2.05, 4.69) is 6.07 Å². The fraction of sp³-hybridized carbons (Fsp3) is 0.167. The average molecular weight is 294 g/mol. The summed E-state index contributed by atoms with van der Waals surface area (Å²) in [6.45, 7) is 0.774. The number of carbonyl (C=O) groups excluding carboxylic acids is 1. The van der Waals surface area contributed by atoms with E-state index in [1.165, 1.54) is 0 Å². The number of benzene rings is 2. The molecule has 0 aliphatic carbocycles. The van der Waals surface area contributed by atoms with Crippen molar-refractivity contribution in [3.8, 4) is 5.75 Å². The molecular formula is C18H14O2S. The van der Waals surface area contributed by atoms with E-state index in [4.69, 9.17) is 4.74 Å². The standard InChI is InChI=1S/C18H14O2S/c19-18(17-11-13-4-1-2-6-16(13)21-17)14-7-8-15-12(10-14)5-3-9-20-15/h1-2,4,6-8,10-11H,3,5,9H2. The zero-order valence-electron chi connectivity index (χ0n) is 11.5. The molecule has 0 atom stereocenters. The number of rotatable bonds is 2. The Balaban J connectivity index is 1.73. The Bertz CT molecular complexity index is 799. The van der Waals surface area contributed by atoms with Gasteiger partial charge in [-0.3, -0.25) is 4.79 Å². The number of carbonyl (C=O) groups is 1. The van der Waals surface area contributed by atoms with Gasteiger partial charge in [-0.1, -0.05) is 18.2 Å². The van der Waals surface area contributed by atoms with Gasteiger partial charge >= 0.3 is 0 Å². The van der Waals surface area contributed by atoms with Crippen molar-refractivity contribution < 1.29 is 9.53 Å². The van der Waals surface area contributed by atoms with E-state index in [9.17, 15) is 4.79 Å². The fourth-order valence-electron chi connectivity index (χ4n) is 2.74. The minimum atomic E-state index is 0.101. The molecule has 3 heteroatoms. The number of ether oxygens (including phenoxy) is 1. The second-order valence-electron chi connectivity index (χ2n) is 5.25. The molecule has 1 aromatic heterocycles. The summed E-state index contributed by atoms with van der Waals surface area (Å²) in [6, 6.07) is 15.9. The summed E-state index contributed by atoms with van der Waals surface area (Å²) in [5.74, 6) is 1.03. The van der Waals surface area contributed by atoms with Gasteiger partial charge in [0.25, 0.3) is 0 Å². The van der Waals surface area contributed by atoms with E-state index in [-0.39, 0.29) is 5.78 Å². The summed E-state index contributed by atoms with van der Waals surface area (Å²) in [5, 5.41) is 1.13. The molecule has 0 radical (unpaired) electrons. The molecule has 4 rings (SSSR count). The van der Waals surface area contributed by atoms with Gasteiger partial charge in [0.1, 0.15) is 5.75 Å². The molecule has 0 fully saturated rings. The van der Waals surface area contributed by atoms with Crippen LogP contribution in [0.3, 0.4) is 0 Å². The van der Waals surface area contributed by atoms with Crippen LogP contribution in [0.1, 0.15) is 27.2 Å². The molecule has 0 unspecified atom stereocenters. The highest BCUT2D eigenvalue weighted by Crippen LogP contribution is 2.30. The maximum Gasteiger partial charge on any atom is 0.202 e. The largest absolute Gasteiger partial charge is 0.493 e. The first-order valence-corrected chi connectivity index (χ1v) is 7.92. The summed E-state index contributed by atoms with van der Waals surface area (Å²) in [5.41, 5.74) is 1.90. The third kappa shape index (κ3) is 2.24. The molecule has 1 aliphatic rings. The molecule has 104 valence electrons. The molecule has 2 heterocycles. The molecule has 21 heavy (non-hydrogen) atoms. The summed E-state index contributed by atoms with van der Waals surface area (Å²) >= 11 is 1.56. The van der Waals surface area contributed by atoms with E-state index >= 15 is 0 Å². The molecule has 2 nitrogen and oxygen atoms in total. The normalized spacial score (nSPS) is 13.7. The van der Waals surface area contributed by atoms with Gasteiger partial charge in [-0.25, -0.2) is 0 Å². The fourth-order valence-corrected chi connectivity index (χ4v) is 3.76. The van der Waals surface area contributed by atoms with Crippen LogP contribution in [0.5, 0.6) is 5.75 Å². The molecule has 0 amide bonds. The van der Waals surface area contributed by atoms with Gasteiger partial charge < -0.3 is 4.74 Å². The number of ketones is 1. The third-order valence-corrected chi connectivity index (χ3v) is 4.93. The van der Waals surface area contributed by atoms with E-state index in [0.717, 1.165) is 51.3 Å². The SMILES string of the molecule is O=C(c1ccc2c(c1)CCCO2)c1cc2ccccc2s1. The highest BCUT2D eigenvalue weighted by atomic mass is 32.1. The molecule has 2 aromatic carbocycles. The number of hydrogen-bond donors (Lipinski definition) is 0. The van der Waals surface area contributed by atoms with Crippen molar-refractivity contribution in [1.82, 2.24) is 0 Å². The molecule has 0 saturated carbocycles. The lowest BCUT2D eigenvalue weighted by Crippen LogP contribution is -2.09. The van der Waals surface area contributed by atoms with Gasteiger partial charge in [-0.15, -0.1) is 11.3 Å². The smallest absolute Gasteiger partial charge is 0.202 e. The van der Waals surface area contributed by atoms with Crippen LogP contribution >= 0.6 is 11.3 Å². The Morgan fingerprint density at radius 3 is 2.90 bits per heavy atom. The summed E-state index contributed by atoms with van der Waals surface area (Å²) in [6.07, 6.45) is 2.01. The van der Waals surface area contributed by atoms with Gasteiger partial charge in [0, 0.05) is 10.3 Å². The highest BCUT2D eigenvalue weighted by Gasteiger charge is 2.16. The highest BCUT2D eigenvalue weighted by molar-refractivity contribution is 7.21. The van der Waals surface area contributed by atoms with Crippen LogP contribution in [-0.4, -0.2) is 12.4 Å². The average Bonchev–Trinajstić information content (AvgIpc) is 2.97. The van der Waals surface area contributed by atoms with Gasteiger partial charge in [0.2, 0.25) is 5.78 Å². The van der Waals surface area contributed by atoms with Crippen LogP contribution in [0.4, 0.5) is 0 Å². The van der Waals surface area contributed by atoms with Gasteiger partial charge in [0.15, 0.2) is 0 Å². The van der Waals surface area contributed by atoms with Crippen molar-refractivity contribution in [2.24, 2.45) is 0 Å². The zero-order valence-corrected chi connectivity index (χ0v) is 12.3. The summed E-state index contributed by atoms with van der Waals surface area (Å²) in [4.78, 5) is 13.5. The van der Waals surface area contributed by atoms with Gasteiger partial charge in [0.05, 0.1) is 11.5 Å². The Hall–Kier alpha value is -2.13. The quantitative estimate of drug-likeness (QED) is 0.652. The number of thiophene rings is 1. The topological polar surface area (TPSA) is 26.3 Å². The minimum absolute atomic E-state index is 0.101. The third-order valence-electron chi connectivity index (χ3n) is 3.82. The van der Waals surface area contributed by atoms with Crippen LogP contribution in [0, 0.1) is 0 Å². The minimum Gasteiger partial charge on any atom is -0.493 e. The van der Waals surface area contributed by atoms with Crippen molar-refractivity contribution in [1.29, 1.82) is 0 Å². The van der Waals surface area contributed by atoms with Crippen LogP contribution in [-0.2, 0) is 6.42 Å². The van der Waals surface area contributed by atoms with Crippen molar-refractivity contribution in [3.63, 3.8) is 0 Å². The van der Waals surface area contributed by atoms with Crippen LogP contribution in [0.25, 0.3) is 10.1 Å². The number of fused-ring (bicyclic) bond motifs is 2. The van der Waals surface area contributed by atoms with E-state index < -0.39 is 0 Å². The van der Waals surface area contributed by atoms with Crippen LogP contribution < -0.4 is 4.74 Å². The lowest BCUT2D eigenvalue weighted by Gasteiger charge is -2.17. The second-order valence-corrected chi connectivity index (χ2v) is 6.34. The lowest BCUT2D eigenvalue weighted by molar-refractivity contribution is 0.104. The summed E-state index contributed by atoms with van der Waals surface area (Å²) < 4.78 is 6.76. The van der Waals surface area contributed by atoms with Crippen molar-refractivity contribution in [2.75, 3.05) is 6.61 Å². The lowest BCUT2D eigenvalue weighted by atomic mass is 10.0. The maximum absolute atomic E-state index is 12.7. The Morgan fingerprint density at radius 1 is 1.10 bits per heavy atom. The second kappa shape index (κ2) is 5.01. The maximum atomic E-state index is 12.7.